The van der Waals surface area contributed by atoms with Crippen LogP contribution in [0.2, 0.25) is 0 Å². The topological polar surface area (TPSA) is 41.1 Å². The maximum absolute atomic E-state index is 11.9. The van der Waals surface area contributed by atoms with Crippen molar-refractivity contribution in [3.63, 3.8) is 0 Å². The summed E-state index contributed by atoms with van der Waals surface area (Å²) in [7, 11) is 0. The largest absolute Gasteiger partial charge is 0.355 e. The van der Waals surface area contributed by atoms with Gasteiger partial charge in [-0.05, 0) is 24.6 Å². The summed E-state index contributed by atoms with van der Waals surface area (Å²) in [4.78, 5) is 13.2. The Bertz CT molecular complexity index is 383. The fraction of sp³-hybridized carbons (Fsp3) is 0.500. The highest BCUT2D eigenvalue weighted by atomic mass is 32.2. The van der Waals surface area contributed by atoms with Crippen LogP contribution in [0.25, 0.3) is 0 Å². The highest BCUT2D eigenvalue weighted by Gasteiger charge is 2.28. The van der Waals surface area contributed by atoms with Crippen molar-refractivity contribution in [2.75, 3.05) is 25.4 Å². The van der Waals surface area contributed by atoms with Crippen LogP contribution in [0.3, 0.4) is 0 Å². The van der Waals surface area contributed by atoms with Crippen molar-refractivity contribution in [1.29, 1.82) is 0 Å². The van der Waals surface area contributed by atoms with Gasteiger partial charge in [-0.15, -0.1) is 11.8 Å². The quantitative estimate of drug-likeness (QED) is 0.629. The zero-order chi connectivity index (χ0) is 12.8. The Balaban J connectivity index is 1.65. The molecule has 0 bridgehead atoms. The number of thioether (sulfide) groups is 1. The molecule has 2 N–H and O–H groups in total. The number of amides is 1. The second kappa shape index (κ2) is 6.81. The van der Waals surface area contributed by atoms with Crippen molar-refractivity contribution >= 4 is 17.7 Å². The van der Waals surface area contributed by atoms with Crippen LogP contribution in [0.5, 0.6) is 0 Å². The molecular weight excluding hydrogens is 244 g/mol. The van der Waals surface area contributed by atoms with Gasteiger partial charge < -0.3 is 10.6 Å². The number of rotatable bonds is 5. The number of carbonyl (C=O) groups excluding carboxylic acids is 1. The lowest BCUT2D eigenvalue weighted by Crippen LogP contribution is -2.35. The van der Waals surface area contributed by atoms with Crippen LogP contribution in [0.1, 0.15) is 6.92 Å². The molecule has 2 rings (SSSR count). The second-order valence-electron chi connectivity index (χ2n) is 4.69. The molecule has 1 fully saturated rings. The first-order chi connectivity index (χ1) is 8.77. The van der Waals surface area contributed by atoms with E-state index in [9.17, 15) is 4.79 Å². The van der Waals surface area contributed by atoms with Crippen molar-refractivity contribution in [2.45, 2.75) is 11.8 Å². The molecule has 1 amide bonds. The average Bonchev–Trinajstić information content (AvgIpc) is 2.82. The normalized spacial score (nSPS) is 22.9. The molecule has 2 atom stereocenters. The van der Waals surface area contributed by atoms with Gasteiger partial charge in [0, 0.05) is 23.7 Å². The standard InChI is InChI=1S/C14H20N2OS/c1-11-9-15-10-13(11)14(17)16-7-8-18-12-5-3-2-4-6-12/h2-6,11,13,15H,7-10H2,1H3,(H,16,17)/t11-,13-/m1/s1. The van der Waals surface area contributed by atoms with E-state index in [-0.39, 0.29) is 11.8 Å². The number of hydrogen-bond acceptors (Lipinski definition) is 3. The van der Waals surface area contributed by atoms with E-state index < -0.39 is 0 Å². The van der Waals surface area contributed by atoms with Gasteiger partial charge >= 0.3 is 0 Å². The van der Waals surface area contributed by atoms with Crippen molar-refractivity contribution in [2.24, 2.45) is 11.8 Å². The van der Waals surface area contributed by atoms with Crippen LogP contribution < -0.4 is 10.6 Å². The van der Waals surface area contributed by atoms with Crippen LogP contribution in [-0.2, 0) is 4.79 Å². The fourth-order valence-electron chi connectivity index (χ4n) is 2.15. The first-order valence-corrected chi connectivity index (χ1v) is 7.42. The first kappa shape index (κ1) is 13.4. The van der Waals surface area contributed by atoms with E-state index in [2.05, 4.69) is 29.7 Å². The summed E-state index contributed by atoms with van der Waals surface area (Å²) >= 11 is 1.78. The Morgan fingerprint density at radius 3 is 2.83 bits per heavy atom. The molecule has 0 aliphatic carbocycles. The molecule has 0 saturated carbocycles. The smallest absolute Gasteiger partial charge is 0.224 e. The molecule has 1 aliphatic heterocycles. The molecule has 0 unspecified atom stereocenters. The molecule has 0 aromatic heterocycles. The molecule has 4 heteroatoms. The molecule has 0 radical (unpaired) electrons. The molecule has 1 heterocycles. The van der Waals surface area contributed by atoms with Gasteiger partial charge in [-0.25, -0.2) is 0 Å². The van der Waals surface area contributed by atoms with Crippen molar-refractivity contribution < 1.29 is 4.79 Å². The summed E-state index contributed by atoms with van der Waals surface area (Å²) in [6.07, 6.45) is 0. The van der Waals surface area contributed by atoms with E-state index in [0.717, 1.165) is 25.4 Å². The molecule has 0 spiro atoms. The van der Waals surface area contributed by atoms with Crippen LogP contribution in [0, 0.1) is 11.8 Å². The van der Waals surface area contributed by atoms with Gasteiger partial charge in [-0.3, -0.25) is 4.79 Å². The molecular formula is C14H20N2OS. The Labute approximate surface area is 113 Å². The summed E-state index contributed by atoms with van der Waals surface area (Å²) in [5.74, 6) is 1.71. The number of hydrogen-bond donors (Lipinski definition) is 2. The Morgan fingerprint density at radius 2 is 2.17 bits per heavy atom. The number of carbonyl (C=O) groups is 1. The van der Waals surface area contributed by atoms with Gasteiger partial charge in [-0.2, -0.15) is 0 Å². The molecule has 98 valence electrons. The maximum Gasteiger partial charge on any atom is 0.224 e. The third-order valence-corrected chi connectivity index (χ3v) is 4.28. The van der Waals surface area contributed by atoms with Gasteiger partial charge in [0.2, 0.25) is 5.91 Å². The highest BCUT2D eigenvalue weighted by Crippen LogP contribution is 2.17. The predicted molar refractivity (Wildman–Crippen MR) is 75.7 cm³/mol. The predicted octanol–water partition coefficient (Wildman–Crippen LogP) is 1.75. The first-order valence-electron chi connectivity index (χ1n) is 6.43. The van der Waals surface area contributed by atoms with E-state index in [1.807, 2.05) is 18.2 Å². The molecule has 1 aliphatic rings. The van der Waals surface area contributed by atoms with Crippen LogP contribution >= 0.6 is 11.8 Å². The minimum Gasteiger partial charge on any atom is -0.355 e. The van der Waals surface area contributed by atoms with Gasteiger partial charge in [-0.1, -0.05) is 25.1 Å². The van der Waals surface area contributed by atoms with E-state index in [1.54, 1.807) is 11.8 Å². The zero-order valence-corrected chi connectivity index (χ0v) is 11.5. The summed E-state index contributed by atoms with van der Waals surface area (Å²) in [5, 5.41) is 6.28. The molecule has 1 saturated heterocycles. The Kier molecular flexibility index (Phi) is 5.08. The van der Waals surface area contributed by atoms with Crippen LogP contribution in [0.4, 0.5) is 0 Å². The van der Waals surface area contributed by atoms with Gasteiger partial charge in [0.15, 0.2) is 0 Å². The number of nitrogens with one attached hydrogen (secondary N) is 2. The summed E-state index contributed by atoms with van der Waals surface area (Å²) in [5.41, 5.74) is 0. The van der Waals surface area contributed by atoms with Crippen molar-refractivity contribution in [1.82, 2.24) is 10.6 Å². The SMILES string of the molecule is C[C@@H]1CNC[C@H]1C(=O)NCCSc1ccccc1. The lowest BCUT2D eigenvalue weighted by Gasteiger charge is -2.13. The Morgan fingerprint density at radius 1 is 1.39 bits per heavy atom. The lowest BCUT2D eigenvalue weighted by atomic mass is 9.97. The van der Waals surface area contributed by atoms with Gasteiger partial charge in [0.05, 0.1) is 5.92 Å². The third-order valence-electron chi connectivity index (χ3n) is 3.27. The zero-order valence-electron chi connectivity index (χ0n) is 10.7. The van der Waals surface area contributed by atoms with E-state index in [1.165, 1.54) is 4.90 Å². The van der Waals surface area contributed by atoms with E-state index in [4.69, 9.17) is 0 Å². The van der Waals surface area contributed by atoms with Gasteiger partial charge in [0.25, 0.3) is 0 Å². The molecule has 1 aromatic rings. The van der Waals surface area contributed by atoms with Crippen LogP contribution in [0.15, 0.2) is 35.2 Å². The average molecular weight is 264 g/mol. The third kappa shape index (κ3) is 3.75. The number of benzene rings is 1. The van der Waals surface area contributed by atoms with E-state index >= 15 is 0 Å². The molecule has 3 nitrogen and oxygen atoms in total. The summed E-state index contributed by atoms with van der Waals surface area (Å²) in [6, 6.07) is 10.3. The van der Waals surface area contributed by atoms with Crippen molar-refractivity contribution in [3.05, 3.63) is 30.3 Å². The summed E-state index contributed by atoms with van der Waals surface area (Å²) < 4.78 is 0. The van der Waals surface area contributed by atoms with E-state index in [0.29, 0.717) is 5.92 Å². The molecule has 18 heavy (non-hydrogen) atoms. The minimum atomic E-state index is 0.145. The minimum absolute atomic E-state index is 0.145. The lowest BCUT2D eigenvalue weighted by molar-refractivity contribution is -0.125. The fourth-order valence-corrected chi connectivity index (χ4v) is 2.94. The molecule has 1 aromatic carbocycles. The maximum atomic E-state index is 11.9. The second-order valence-corrected chi connectivity index (χ2v) is 5.86. The van der Waals surface area contributed by atoms with Crippen LogP contribution in [-0.4, -0.2) is 31.3 Å². The van der Waals surface area contributed by atoms with Crippen molar-refractivity contribution in [3.8, 4) is 0 Å². The highest BCUT2D eigenvalue weighted by molar-refractivity contribution is 7.99. The van der Waals surface area contributed by atoms with Gasteiger partial charge in [0.1, 0.15) is 0 Å². The Hall–Kier alpha value is -1.00. The monoisotopic (exact) mass is 264 g/mol. The summed E-state index contributed by atoms with van der Waals surface area (Å²) in [6.45, 7) is 4.64.